The molecule has 0 spiro atoms. The summed E-state index contributed by atoms with van der Waals surface area (Å²) in [5.74, 6) is 0.312. The van der Waals surface area contributed by atoms with E-state index in [-0.39, 0.29) is 24.8 Å². The van der Waals surface area contributed by atoms with Crippen LogP contribution < -0.4 is 5.73 Å². The Labute approximate surface area is 166 Å². The van der Waals surface area contributed by atoms with Crippen LogP contribution in [-0.4, -0.2) is 48.4 Å². The molecule has 0 unspecified atom stereocenters. The predicted molar refractivity (Wildman–Crippen MR) is 108 cm³/mol. The van der Waals surface area contributed by atoms with Crippen molar-refractivity contribution in [1.82, 2.24) is 9.80 Å². The lowest BCUT2D eigenvalue weighted by Crippen LogP contribution is -2.48. The Morgan fingerprint density at radius 3 is 2.33 bits per heavy atom. The topological polar surface area (TPSA) is 49.6 Å². The fourth-order valence-corrected chi connectivity index (χ4v) is 3.87. The second-order valence-electron chi connectivity index (χ2n) is 5.82. The predicted octanol–water partition coefficient (Wildman–Crippen LogP) is 3.80. The van der Waals surface area contributed by atoms with Crippen molar-refractivity contribution in [3.8, 4) is 0 Å². The summed E-state index contributed by atoms with van der Waals surface area (Å²) >= 11 is 7.60. The molecular weight excluding hydrogens is 389 g/mol. The maximum absolute atomic E-state index is 12.2. The average molecular weight is 417 g/mol. The first kappa shape index (κ1) is 24.0. The molecule has 0 saturated carbocycles. The van der Waals surface area contributed by atoms with Gasteiger partial charge < -0.3 is 10.6 Å². The van der Waals surface area contributed by atoms with Gasteiger partial charge in [-0.3, -0.25) is 9.69 Å². The summed E-state index contributed by atoms with van der Waals surface area (Å²) in [7, 11) is 0. The normalized spacial score (nSPS) is 14.8. The number of piperazine rings is 1. The molecule has 1 aromatic rings. The number of amides is 1. The summed E-state index contributed by atoms with van der Waals surface area (Å²) in [5, 5.41) is 0. The second-order valence-corrected chi connectivity index (χ2v) is 7.62. The van der Waals surface area contributed by atoms with Gasteiger partial charge in [-0.15, -0.1) is 36.2 Å². The molecule has 1 aliphatic rings. The standard InChI is InChI=1S/C16H26ClN3OS.2ClH/c17-15-7-6-14(22-15)13-19-9-11-20(12-10-19)16(21)5-3-1-2-4-8-18;;/h6-7H,1-5,8-13,18H2;2*1H. The van der Waals surface area contributed by atoms with Crippen LogP contribution in [0, 0.1) is 0 Å². The molecule has 2 rings (SSSR count). The Bertz CT molecular complexity index is 465. The van der Waals surface area contributed by atoms with Gasteiger partial charge in [0.25, 0.3) is 0 Å². The zero-order chi connectivity index (χ0) is 15.8. The van der Waals surface area contributed by atoms with E-state index in [1.807, 2.05) is 11.0 Å². The van der Waals surface area contributed by atoms with Gasteiger partial charge >= 0.3 is 0 Å². The van der Waals surface area contributed by atoms with Gasteiger partial charge in [-0.2, -0.15) is 0 Å². The monoisotopic (exact) mass is 415 g/mol. The summed E-state index contributed by atoms with van der Waals surface area (Å²) in [6, 6.07) is 4.04. The van der Waals surface area contributed by atoms with E-state index in [0.29, 0.717) is 12.3 Å². The lowest BCUT2D eigenvalue weighted by Gasteiger charge is -2.34. The number of carbonyl (C=O) groups excluding carboxylic acids is 1. The molecule has 1 amide bonds. The van der Waals surface area contributed by atoms with Crippen molar-refractivity contribution in [2.75, 3.05) is 32.7 Å². The van der Waals surface area contributed by atoms with Crippen molar-refractivity contribution < 1.29 is 4.79 Å². The van der Waals surface area contributed by atoms with Crippen molar-refractivity contribution in [3.63, 3.8) is 0 Å². The lowest BCUT2D eigenvalue weighted by molar-refractivity contribution is -0.133. The lowest BCUT2D eigenvalue weighted by atomic mass is 10.1. The maximum Gasteiger partial charge on any atom is 0.222 e. The third-order valence-electron chi connectivity index (χ3n) is 4.08. The van der Waals surface area contributed by atoms with Gasteiger partial charge in [0.05, 0.1) is 4.34 Å². The minimum absolute atomic E-state index is 0. The van der Waals surface area contributed by atoms with Crippen molar-refractivity contribution in [2.24, 2.45) is 5.73 Å². The number of nitrogens with zero attached hydrogens (tertiary/aromatic N) is 2. The molecule has 2 N–H and O–H groups in total. The summed E-state index contributed by atoms with van der Waals surface area (Å²) in [6.45, 7) is 5.30. The number of carbonyl (C=O) groups is 1. The Balaban J connectivity index is 0.00000264. The largest absolute Gasteiger partial charge is 0.340 e. The summed E-state index contributed by atoms with van der Waals surface area (Å²) in [6.07, 6.45) is 5.00. The van der Waals surface area contributed by atoms with Crippen LogP contribution in [0.3, 0.4) is 0 Å². The van der Waals surface area contributed by atoms with Gasteiger partial charge in [0.15, 0.2) is 0 Å². The van der Waals surface area contributed by atoms with Crippen LogP contribution in [0.1, 0.15) is 37.0 Å². The van der Waals surface area contributed by atoms with Crippen LogP contribution in [0.2, 0.25) is 4.34 Å². The number of thiophene rings is 1. The van der Waals surface area contributed by atoms with Crippen molar-refractivity contribution in [1.29, 1.82) is 0 Å². The molecule has 8 heteroatoms. The van der Waals surface area contributed by atoms with Crippen LogP contribution in [-0.2, 0) is 11.3 Å². The Morgan fingerprint density at radius 2 is 1.75 bits per heavy atom. The molecule has 1 fully saturated rings. The minimum atomic E-state index is 0. The Hall–Kier alpha value is -0.0400. The molecule has 140 valence electrons. The molecule has 0 bridgehead atoms. The van der Waals surface area contributed by atoms with E-state index in [0.717, 1.165) is 69.3 Å². The number of hydrogen-bond donors (Lipinski definition) is 1. The fourth-order valence-electron chi connectivity index (χ4n) is 2.74. The smallest absolute Gasteiger partial charge is 0.222 e. The van der Waals surface area contributed by atoms with E-state index < -0.39 is 0 Å². The van der Waals surface area contributed by atoms with Crippen molar-refractivity contribution >= 4 is 53.7 Å². The van der Waals surface area contributed by atoms with Crippen LogP contribution >= 0.6 is 47.8 Å². The van der Waals surface area contributed by atoms with E-state index in [1.54, 1.807) is 11.3 Å². The molecule has 1 aliphatic heterocycles. The third-order valence-corrected chi connectivity index (χ3v) is 5.29. The van der Waals surface area contributed by atoms with Gasteiger partial charge in [-0.1, -0.05) is 24.4 Å². The highest BCUT2D eigenvalue weighted by molar-refractivity contribution is 7.16. The Morgan fingerprint density at radius 1 is 1.08 bits per heavy atom. The molecule has 4 nitrogen and oxygen atoms in total. The van der Waals surface area contributed by atoms with E-state index >= 15 is 0 Å². The number of hydrogen-bond acceptors (Lipinski definition) is 4. The minimum Gasteiger partial charge on any atom is -0.340 e. The number of halogens is 3. The number of nitrogens with two attached hydrogens (primary N) is 1. The van der Waals surface area contributed by atoms with Crippen LogP contribution in [0.4, 0.5) is 0 Å². The average Bonchev–Trinajstić information content (AvgIpc) is 2.93. The van der Waals surface area contributed by atoms with Crippen LogP contribution in [0.25, 0.3) is 0 Å². The zero-order valence-electron chi connectivity index (χ0n) is 13.9. The van der Waals surface area contributed by atoms with Gasteiger partial charge in [-0.25, -0.2) is 0 Å². The number of unbranched alkanes of at least 4 members (excludes halogenated alkanes) is 3. The highest BCUT2D eigenvalue weighted by atomic mass is 35.5. The van der Waals surface area contributed by atoms with Gasteiger partial charge in [-0.05, 0) is 31.5 Å². The summed E-state index contributed by atoms with van der Waals surface area (Å²) < 4.78 is 0.846. The van der Waals surface area contributed by atoms with E-state index in [1.165, 1.54) is 4.88 Å². The van der Waals surface area contributed by atoms with Crippen molar-refractivity contribution in [3.05, 3.63) is 21.3 Å². The molecule has 0 aliphatic carbocycles. The van der Waals surface area contributed by atoms with E-state index in [4.69, 9.17) is 17.3 Å². The van der Waals surface area contributed by atoms with E-state index in [9.17, 15) is 4.79 Å². The van der Waals surface area contributed by atoms with Gasteiger partial charge in [0.2, 0.25) is 5.91 Å². The highest BCUT2D eigenvalue weighted by Crippen LogP contribution is 2.23. The zero-order valence-corrected chi connectivity index (χ0v) is 17.1. The first-order valence-corrected chi connectivity index (χ1v) is 9.33. The summed E-state index contributed by atoms with van der Waals surface area (Å²) in [5.41, 5.74) is 5.47. The van der Waals surface area contributed by atoms with Gasteiger partial charge in [0, 0.05) is 44.0 Å². The van der Waals surface area contributed by atoms with Crippen LogP contribution in [0.15, 0.2) is 12.1 Å². The molecular formula is C16H28Cl3N3OS. The second kappa shape index (κ2) is 13.2. The number of rotatable bonds is 8. The third kappa shape index (κ3) is 8.37. The van der Waals surface area contributed by atoms with Gasteiger partial charge in [0.1, 0.15) is 0 Å². The quantitative estimate of drug-likeness (QED) is 0.656. The van der Waals surface area contributed by atoms with E-state index in [2.05, 4.69) is 11.0 Å². The Kier molecular flexibility index (Phi) is 13.2. The molecule has 0 radical (unpaired) electrons. The first-order chi connectivity index (χ1) is 10.7. The molecule has 1 saturated heterocycles. The highest BCUT2D eigenvalue weighted by Gasteiger charge is 2.20. The molecule has 2 heterocycles. The molecule has 1 aromatic heterocycles. The van der Waals surface area contributed by atoms with Crippen molar-refractivity contribution in [2.45, 2.75) is 38.6 Å². The molecule has 24 heavy (non-hydrogen) atoms. The SMILES string of the molecule is Cl.Cl.NCCCCCCC(=O)N1CCN(Cc2ccc(Cl)s2)CC1. The summed E-state index contributed by atoms with van der Waals surface area (Å²) in [4.78, 5) is 17.9. The molecule has 0 atom stereocenters. The first-order valence-electron chi connectivity index (χ1n) is 8.13. The fraction of sp³-hybridized carbons (Fsp3) is 0.688. The van der Waals surface area contributed by atoms with Crippen LogP contribution in [0.5, 0.6) is 0 Å². The maximum atomic E-state index is 12.2. The molecule has 0 aromatic carbocycles.